The van der Waals surface area contributed by atoms with Gasteiger partial charge in [0.1, 0.15) is 0 Å². The van der Waals surface area contributed by atoms with Gasteiger partial charge < -0.3 is 5.11 Å². The molecule has 80 valence electrons. The highest BCUT2D eigenvalue weighted by atomic mass is 35.5. The lowest BCUT2D eigenvalue weighted by atomic mass is 10.3. The number of carboxylic acids is 1. The number of carbonyl (C=O) groups is 1. The van der Waals surface area contributed by atoms with Crippen LogP contribution < -0.4 is 5.56 Å². The Morgan fingerprint density at radius 1 is 1.67 bits per heavy atom. The summed E-state index contributed by atoms with van der Waals surface area (Å²) in [6.07, 6.45) is 0. The summed E-state index contributed by atoms with van der Waals surface area (Å²) >= 11 is 5.44. The van der Waals surface area contributed by atoms with Crippen molar-refractivity contribution in [3.63, 3.8) is 0 Å². The Morgan fingerprint density at radius 2 is 2.33 bits per heavy atom. The normalized spacial score (nSPS) is 11.5. The lowest BCUT2D eigenvalue weighted by Gasteiger charge is -2.04. The molecule has 0 aliphatic carbocycles. The highest BCUT2D eigenvalue weighted by Crippen LogP contribution is 1.98. The van der Waals surface area contributed by atoms with E-state index in [0.29, 0.717) is 5.57 Å². The number of aromatic carboxylic acids is 1. The molecule has 0 amide bonds. The molecule has 0 atom stereocenters. The van der Waals surface area contributed by atoms with Crippen LogP contribution in [0, 0.1) is 0 Å². The molecule has 0 aliphatic heterocycles. The Kier molecular flexibility index (Phi) is 3.62. The molecule has 6 heteroatoms. The van der Waals surface area contributed by atoms with Gasteiger partial charge >= 0.3 is 5.97 Å². The molecule has 0 aliphatic rings. The summed E-state index contributed by atoms with van der Waals surface area (Å²) < 4.78 is 1.05. The third kappa shape index (κ3) is 2.92. The summed E-state index contributed by atoms with van der Waals surface area (Å²) in [5.74, 6) is -1.17. The summed E-state index contributed by atoms with van der Waals surface area (Å²) in [4.78, 5) is 21.9. The first-order chi connectivity index (χ1) is 7.04. The van der Waals surface area contributed by atoms with Crippen LogP contribution in [0.5, 0.6) is 0 Å². The van der Waals surface area contributed by atoms with E-state index in [1.807, 2.05) is 0 Å². The Balaban J connectivity index is 3.11. The number of carboxylic acid groups (broad SMARTS) is 1. The molecule has 0 saturated heterocycles. The summed E-state index contributed by atoms with van der Waals surface area (Å²) in [6, 6.07) is 2.33. The molecule has 0 aromatic carbocycles. The number of halogens is 1. The van der Waals surface area contributed by atoms with Crippen LogP contribution in [0.4, 0.5) is 0 Å². The van der Waals surface area contributed by atoms with E-state index in [9.17, 15) is 9.59 Å². The molecule has 1 N–H and O–H groups in total. The smallest absolute Gasteiger partial charge is 0.356 e. The van der Waals surface area contributed by atoms with Gasteiger partial charge in [0.2, 0.25) is 0 Å². The van der Waals surface area contributed by atoms with Gasteiger partial charge in [-0.2, -0.15) is 5.10 Å². The Morgan fingerprint density at radius 3 is 2.87 bits per heavy atom. The Hall–Kier alpha value is -1.62. The maximum absolute atomic E-state index is 11.3. The highest BCUT2D eigenvalue weighted by Gasteiger charge is 2.07. The van der Waals surface area contributed by atoms with Crippen molar-refractivity contribution < 1.29 is 9.90 Å². The van der Waals surface area contributed by atoms with Gasteiger partial charge in [0.25, 0.3) is 5.56 Å². The largest absolute Gasteiger partial charge is 0.476 e. The second-order valence-electron chi connectivity index (χ2n) is 2.98. The van der Waals surface area contributed by atoms with Gasteiger partial charge in [0.05, 0.1) is 6.54 Å². The number of allylic oxidation sites excluding steroid dienone is 1. The van der Waals surface area contributed by atoms with Crippen molar-refractivity contribution in [3.05, 3.63) is 39.3 Å². The fraction of sp³-hybridized carbons (Fsp3) is 0.222. The number of nitrogens with zero attached hydrogens (tertiary/aromatic N) is 2. The molecule has 1 aromatic rings. The first-order valence-corrected chi connectivity index (χ1v) is 4.55. The van der Waals surface area contributed by atoms with E-state index in [2.05, 4.69) is 5.10 Å². The van der Waals surface area contributed by atoms with Crippen LogP contribution in [0.2, 0.25) is 0 Å². The molecule has 1 heterocycles. The van der Waals surface area contributed by atoms with Crippen molar-refractivity contribution in [3.8, 4) is 0 Å². The molecule has 0 spiro atoms. The molecule has 1 aromatic heterocycles. The van der Waals surface area contributed by atoms with E-state index in [-0.39, 0.29) is 17.8 Å². The van der Waals surface area contributed by atoms with Crippen LogP contribution in [0.1, 0.15) is 17.4 Å². The minimum atomic E-state index is -1.17. The van der Waals surface area contributed by atoms with Gasteiger partial charge in [0, 0.05) is 11.6 Å². The van der Waals surface area contributed by atoms with Gasteiger partial charge in [0.15, 0.2) is 5.69 Å². The molecule has 0 saturated carbocycles. The summed E-state index contributed by atoms with van der Waals surface area (Å²) in [6.45, 7) is 1.90. The zero-order valence-electron chi connectivity index (χ0n) is 7.98. The zero-order chi connectivity index (χ0) is 11.4. The van der Waals surface area contributed by atoms with Crippen molar-refractivity contribution in [2.24, 2.45) is 0 Å². The van der Waals surface area contributed by atoms with Gasteiger partial charge in [-0.3, -0.25) is 4.79 Å². The van der Waals surface area contributed by atoms with Gasteiger partial charge in [-0.1, -0.05) is 11.6 Å². The quantitative estimate of drug-likeness (QED) is 0.841. The van der Waals surface area contributed by atoms with Gasteiger partial charge in [-0.25, -0.2) is 9.48 Å². The van der Waals surface area contributed by atoms with Crippen molar-refractivity contribution in [2.45, 2.75) is 13.5 Å². The highest BCUT2D eigenvalue weighted by molar-refractivity contribution is 6.25. The van der Waals surface area contributed by atoms with Crippen LogP contribution in [0.25, 0.3) is 0 Å². The third-order valence-corrected chi connectivity index (χ3v) is 2.04. The van der Waals surface area contributed by atoms with Crippen molar-refractivity contribution in [1.82, 2.24) is 9.78 Å². The number of hydrogen-bond acceptors (Lipinski definition) is 3. The molecule has 0 bridgehead atoms. The summed E-state index contributed by atoms with van der Waals surface area (Å²) in [5.41, 5.74) is 1.50. The third-order valence-electron chi connectivity index (χ3n) is 1.67. The first-order valence-electron chi connectivity index (χ1n) is 4.12. The molecule has 0 radical (unpaired) electrons. The maximum atomic E-state index is 11.3. The molecule has 5 nitrogen and oxygen atoms in total. The van der Waals surface area contributed by atoms with Crippen LogP contribution in [0.15, 0.2) is 28.0 Å². The van der Waals surface area contributed by atoms with Gasteiger partial charge in [-0.05, 0) is 18.6 Å². The van der Waals surface area contributed by atoms with E-state index < -0.39 is 5.97 Å². The minimum Gasteiger partial charge on any atom is -0.476 e. The van der Waals surface area contributed by atoms with Crippen LogP contribution >= 0.6 is 11.6 Å². The van der Waals surface area contributed by atoms with Gasteiger partial charge in [-0.15, -0.1) is 0 Å². The standard InChI is InChI=1S/C9H9ClN2O3/c1-6(4-10)5-12-8(13)3-2-7(11-12)9(14)15/h2-4H,5H2,1H3,(H,14,15)/b6-4-. The summed E-state index contributed by atoms with van der Waals surface area (Å²) in [5, 5.41) is 12.3. The second-order valence-corrected chi connectivity index (χ2v) is 3.19. The SMILES string of the molecule is C/C(=C/Cl)Cn1nc(C(=O)O)ccc1=O. The average Bonchev–Trinajstić information content (AvgIpc) is 2.20. The molecule has 0 fully saturated rings. The number of aromatic nitrogens is 2. The molecule has 1 rings (SSSR count). The lowest BCUT2D eigenvalue weighted by Crippen LogP contribution is -2.24. The maximum Gasteiger partial charge on any atom is 0.356 e. The lowest BCUT2D eigenvalue weighted by molar-refractivity contribution is 0.0687. The van der Waals surface area contributed by atoms with E-state index in [1.54, 1.807) is 6.92 Å². The molecular weight excluding hydrogens is 220 g/mol. The average molecular weight is 229 g/mol. The summed E-state index contributed by atoms with van der Waals surface area (Å²) in [7, 11) is 0. The van der Waals surface area contributed by atoms with Crippen LogP contribution in [-0.2, 0) is 6.54 Å². The Labute approximate surface area is 90.6 Å². The topological polar surface area (TPSA) is 72.2 Å². The van der Waals surface area contributed by atoms with Crippen LogP contribution in [0.3, 0.4) is 0 Å². The molecular formula is C9H9ClN2O3. The van der Waals surface area contributed by atoms with E-state index in [4.69, 9.17) is 16.7 Å². The Bertz CT molecular complexity index is 465. The fourth-order valence-electron chi connectivity index (χ4n) is 0.947. The van der Waals surface area contributed by atoms with Crippen molar-refractivity contribution in [2.75, 3.05) is 0 Å². The molecule has 15 heavy (non-hydrogen) atoms. The van der Waals surface area contributed by atoms with E-state index >= 15 is 0 Å². The monoisotopic (exact) mass is 228 g/mol. The minimum absolute atomic E-state index is 0.169. The first kappa shape index (κ1) is 11.5. The number of hydrogen-bond donors (Lipinski definition) is 1. The second kappa shape index (κ2) is 4.75. The van der Waals surface area contributed by atoms with Crippen LogP contribution in [-0.4, -0.2) is 20.9 Å². The molecule has 0 unspecified atom stereocenters. The van der Waals surface area contributed by atoms with Crippen molar-refractivity contribution in [1.29, 1.82) is 0 Å². The zero-order valence-corrected chi connectivity index (χ0v) is 8.73. The number of rotatable bonds is 3. The predicted molar refractivity (Wildman–Crippen MR) is 55.1 cm³/mol. The predicted octanol–water partition coefficient (Wildman–Crippen LogP) is 1.08. The van der Waals surface area contributed by atoms with E-state index in [0.717, 1.165) is 10.7 Å². The van der Waals surface area contributed by atoms with Crippen molar-refractivity contribution >= 4 is 17.6 Å². The fourth-order valence-corrected chi connectivity index (χ4v) is 1.02. The van der Waals surface area contributed by atoms with E-state index in [1.165, 1.54) is 11.6 Å².